The van der Waals surface area contributed by atoms with Crippen LogP contribution >= 0.6 is 0 Å². The molecule has 72 valence electrons. The number of benzene rings is 1. The lowest BCUT2D eigenvalue weighted by atomic mass is 9.72. The molecule has 1 aromatic rings. The Morgan fingerprint density at radius 3 is 3.14 bits per heavy atom. The SMILES string of the molecule is CC12CCCc3cccc(c31)NC2=O. The van der Waals surface area contributed by atoms with Crippen molar-refractivity contribution in [1.29, 1.82) is 0 Å². The smallest absolute Gasteiger partial charge is 0.234 e. The van der Waals surface area contributed by atoms with Gasteiger partial charge in [-0.1, -0.05) is 12.1 Å². The minimum absolute atomic E-state index is 0.180. The fraction of sp³-hybridized carbons (Fsp3) is 0.417. The first-order valence-electron chi connectivity index (χ1n) is 5.16. The number of hydrogen-bond acceptors (Lipinski definition) is 1. The second-order valence-electron chi connectivity index (χ2n) is 4.48. The minimum atomic E-state index is -0.246. The highest BCUT2D eigenvalue weighted by Gasteiger charge is 2.45. The van der Waals surface area contributed by atoms with Crippen LogP contribution in [-0.2, 0) is 16.6 Å². The second kappa shape index (κ2) is 2.38. The predicted octanol–water partition coefficient (Wildman–Crippen LogP) is 2.23. The minimum Gasteiger partial charge on any atom is -0.325 e. The third kappa shape index (κ3) is 0.788. The van der Waals surface area contributed by atoms with Gasteiger partial charge >= 0.3 is 0 Å². The van der Waals surface area contributed by atoms with Crippen LogP contribution in [0.4, 0.5) is 5.69 Å². The maximum atomic E-state index is 11.9. The molecule has 0 bridgehead atoms. The largest absolute Gasteiger partial charge is 0.325 e. The van der Waals surface area contributed by atoms with E-state index < -0.39 is 0 Å². The Morgan fingerprint density at radius 2 is 2.29 bits per heavy atom. The van der Waals surface area contributed by atoms with Gasteiger partial charge in [0.2, 0.25) is 5.91 Å². The van der Waals surface area contributed by atoms with Crippen LogP contribution in [0.15, 0.2) is 18.2 Å². The molecule has 2 aliphatic rings. The molecule has 1 heterocycles. The number of aryl methyl sites for hydroxylation is 1. The standard InChI is InChI=1S/C12H13NO/c1-12-7-3-5-8-4-2-6-9(10(8)12)13-11(12)14/h2,4,6H,3,5,7H2,1H3,(H,13,14). The van der Waals surface area contributed by atoms with E-state index >= 15 is 0 Å². The zero-order chi connectivity index (χ0) is 9.76. The first kappa shape index (κ1) is 8.04. The average molecular weight is 187 g/mol. The number of rotatable bonds is 0. The molecule has 0 aromatic heterocycles. The Labute approximate surface area is 83.3 Å². The first-order valence-corrected chi connectivity index (χ1v) is 5.16. The summed E-state index contributed by atoms with van der Waals surface area (Å²) in [5, 5.41) is 2.98. The molecule has 1 atom stereocenters. The van der Waals surface area contributed by atoms with E-state index in [1.54, 1.807) is 0 Å². The van der Waals surface area contributed by atoms with E-state index in [9.17, 15) is 4.79 Å². The van der Waals surface area contributed by atoms with Crippen LogP contribution < -0.4 is 5.32 Å². The molecule has 1 aliphatic heterocycles. The molecule has 2 nitrogen and oxygen atoms in total. The van der Waals surface area contributed by atoms with Gasteiger partial charge in [-0.2, -0.15) is 0 Å². The Balaban J connectivity index is 2.32. The van der Waals surface area contributed by atoms with Gasteiger partial charge in [-0.05, 0) is 43.4 Å². The van der Waals surface area contributed by atoms with Crippen molar-refractivity contribution < 1.29 is 4.79 Å². The molecule has 2 heteroatoms. The Kier molecular flexibility index (Phi) is 1.37. The molecule has 0 spiro atoms. The third-order valence-corrected chi connectivity index (χ3v) is 3.57. The molecule has 1 unspecified atom stereocenters. The Hall–Kier alpha value is -1.31. The monoisotopic (exact) mass is 187 g/mol. The van der Waals surface area contributed by atoms with Crippen molar-refractivity contribution in [3.63, 3.8) is 0 Å². The van der Waals surface area contributed by atoms with Crippen LogP contribution in [0, 0.1) is 0 Å². The van der Waals surface area contributed by atoms with E-state index in [0.717, 1.165) is 24.9 Å². The topological polar surface area (TPSA) is 29.1 Å². The second-order valence-corrected chi connectivity index (χ2v) is 4.48. The van der Waals surface area contributed by atoms with E-state index in [-0.39, 0.29) is 11.3 Å². The van der Waals surface area contributed by atoms with Crippen LogP contribution in [0.25, 0.3) is 0 Å². The van der Waals surface area contributed by atoms with E-state index in [1.807, 2.05) is 12.1 Å². The lowest BCUT2D eigenvalue weighted by Gasteiger charge is -2.28. The summed E-state index contributed by atoms with van der Waals surface area (Å²) in [6, 6.07) is 6.19. The summed E-state index contributed by atoms with van der Waals surface area (Å²) in [5.74, 6) is 0.180. The first-order chi connectivity index (χ1) is 6.72. The van der Waals surface area contributed by atoms with Crippen LogP contribution in [-0.4, -0.2) is 5.91 Å². The van der Waals surface area contributed by atoms with Gasteiger partial charge in [-0.3, -0.25) is 4.79 Å². The summed E-state index contributed by atoms with van der Waals surface area (Å²) in [6.45, 7) is 2.07. The van der Waals surface area contributed by atoms with Gasteiger partial charge in [0.1, 0.15) is 0 Å². The molecule has 0 saturated heterocycles. The number of hydrogen-bond donors (Lipinski definition) is 1. The van der Waals surface area contributed by atoms with E-state index in [2.05, 4.69) is 18.3 Å². The molecule has 1 amide bonds. The lowest BCUT2D eigenvalue weighted by molar-refractivity contribution is -0.120. The fourth-order valence-corrected chi connectivity index (χ4v) is 2.81. The summed E-state index contributed by atoms with van der Waals surface area (Å²) in [4.78, 5) is 11.9. The number of carbonyl (C=O) groups is 1. The van der Waals surface area contributed by atoms with Crippen molar-refractivity contribution in [2.75, 3.05) is 5.32 Å². The fourth-order valence-electron chi connectivity index (χ4n) is 2.81. The van der Waals surface area contributed by atoms with Crippen molar-refractivity contribution in [3.05, 3.63) is 29.3 Å². The van der Waals surface area contributed by atoms with Gasteiger partial charge in [-0.25, -0.2) is 0 Å². The molecule has 0 fully saturated rings. The molecule has 1 N–H and O–H groups in total. The normalized spacial score (nSPS) is 28.5. The van der Waals surface area contributed by atoms with Crippen LogP contribution in [0.5, 0.6) is 0 Å². The number of carbonyl (C=O) groups excluding carboxylic acids is 1. The highest BCUT2D eigenvalue weighted by atomic mass is 16.2. The third-order valence-electron chi connectivity index (χ3n) is 3.57. The Bertz CT molecular complexity index is 424. The molecule has 0 radical (unpaired) electrons. The molecule has 1 aliphatic carbocycles. The van der Waals surface area contributed by atoms with Crippen LogP contribution in [0.1, 0.15) is 30.9 Å². The maximum absolute atomic E-state index is 11.9. The van der Waals surface area contributed by atoms with Gasteiger partial charge in [-0.15, -0.1) is 0 Å². The van der Waals surface area contributed by atoms with Crippen molar-refractivity contribution >= 4 is 11.6 Å². The van der Waals surface area contributed by atoms with Crippen LogP contribution in [0.3, 0.4) is 0 Å². The average Bonchev–Trinajstić information content (AvgIpc) is 2.42. The summed E-state index contributed by atoms with van der Waals surface area (Å²) < 4.78 is 0. The van der Waals surface area contributed by atoms with Gasteiger partial charge < -0.3 is 5.32 Å². The summed E-state index contributed by atoms with van der Waals surface area (Å²) >= 11 is 0. The molecule has 1 aromatic carbocycles. The van der Waals surface area contributed by atoms with E-state index in [4.69, 9.17) is 0 Å². The number of amides is 1. The predicted molar refractivity (Wildman–Crippen MR) is 55.4 cm³/mol. The lowest BCUT2D eigenvalue weighted by Crippen LogP contribution is -2.33. The van der Waals surface area contributed by atoms with Gasteiger partial charge in [0.25, 0.3) is 0 Å². The highest BCUT2D eigenvalue weighted by molar-refractivity contribution is 6.06. The Morgan fingerprint density at radius 1 is 1.43 bits per heavy atom. The summed E-state index contributed by atoms with van der Waals surface area (Å²) in [5.41, 5.74) is 3.41. The van der Waals surface area contributed by atoms with Crippen LogP contribution in [0.2, 0.25) is 0 Å². The number of anilines is 1. The molecule has 14 heavy (non-hydrogen) atoms. The molecular weight excluding hydrogens is 174 g/mol. The quantitative estimate of drug-likeness (QED) is 0.663. The van der Waals surface area contributed by atoms with Crippen molar-refractivity contribution in [3.8, 4) is 0 Å². The zero-order valence-corrected chi connectivity index (χ0v) is 8.26. The van der Waals surface area contributed by atoms with Gasteiger partial charge in [0.15, 0.2) is 0 Å². The number of nitrogens with one attached hydrogen (secondary N) is 1. The van der Waals surface area contributed by atoms with Gasteiger partial charge in [0, 0.05) is 5.69 Å². The van der Waals surface area contributed by atoms with Crippen molar-refractivity contribution in [2.24, 2.45) is 0 Å². The van der Waals surface area contributed by atoms with E-state index in [1.165, 1.54) is 11.1 Å². The molecule has 3 rings (SSSR count). The van der Waals surface area contributed by atoms with Crippen molar-refractivity contribution in [1.82, 2.24) is 0 Å². The van der Waals surface area contributed by atoms with Crippen molar-refractivity contribution in [2.45, 2.75) is 31.6 Å². The highest BCUT2D eigenvalue weighted by Crippen LogP contribution is 2.46. The van der Waals surface area contributed by atoms with Gasteiger partial charge in [0.05, 0.1) is 5.41 Å². The summed E-state index contributed by atoms with van der Waals surface area (Å²) in [7, 11) is 0. The summed E-state index contributed by atoms with van der Waals surface area (Å²) in [6.07, 6.45) is 3.23. The maximum Gasteiger partial charge on any atom is 0.234 e. The van der Waals surface area contributed by atoms with E-state index in [0.29, 0.717) is 0 Å². The molecular formula is C12H13NO. The molecule has 0 saturated carbocycles. The zero-order valence-electron chi connectivity index (χ0n) is 8.26.